The molecule has 0 fully saturated rings. The average molecular weight is 266 g/mol. The molecule has 1 unspecified atom stereocenters. The molecular weight excluding hydrogens is 240 g/mol. The molecule has 1 aromatic heterocycles. The van der Waals surface area contributed by atoms with Crippen LogP contribution in [0.25, 0.3) is 0 Å². The van der Waals surface area contributed by atoms with E-state index in [1.54, 1.807) is 4.88 Å². The Kier molecular flexibility index (Phi) is 4.44. The lowest BCUT2D eigenvalue weighted by molar-refractivity contribution is 0.217. The summed E-state index contributed by atoms with van der Waals surface area (Å²) in [6.07, 6.45) is 4.92. The van der Waals surface area contributed by atoms with Gasteiger partial charge in [0.1, 0.15) is 5.01 Å². The lowest BCUT2D eigenvalue weighted by Crippen LogP contribution is -2.26. The Bertz CT molecular complexity index is 390. The van der Waals surface area contributed by atoms with E-state index in [1.165, 1.54) is 36.4 Å². The molecule has 0 spiro atoms. The van der Waals surface area contributed by atoms with Crippen LogP contribution in [0.3, 0.4) is 0 Å². The third kappa shape index (κ3) is 3.33. The summed E-state index contributed by atoms with van der Waals surface area (Å²) in [7, 11) is 0. The standard InChI is InChI=1S/C15H26N2S/c1-5-8-16-10-14-17-12-7-6-11(15(2,3)4)9-13(12)18-14/h11,16H,5-10H2,1-4H3. The largest absolute Gasteiger partial charge is 0.310 e. The van der Waals surface area contributed by atoms with Crippen molar-refractivity contribution in [3.05, 3.63) is 15.6 Å². The van der Waals surface area contributed by atoms with E-state index in [9.17, 15) is 0 Å². The van der Waals surface area contributed by atoms with Gasteiger partial charge >= 0.3 is 0 Å². The van der Waals surface area contributed by atoms with E-state index < -0.39 is 0 Å². The zero-order chi connectivity index (χ0) is 13.2. The summed E-state index contributed by atoms with van der Waals surface area (Å²) < 4.78 is 0. The van der Waals surface area contributed by atoms with Crippen molar-refractivity contribution in [3.8, 4) is 0 Å². The van der Waals surface area contributed by atoms with Crippen LogP contribution in [0.5, 0.6) is 0 Å². The number of nitrogens with zero attached hydrogens (tertiary/aromatic N) is 1. The molecule has 1 aliphatic rings. The molecular formula is C15H26N2S. The molecule has 0 saturated carbocycles. The zero-order valence-electron chi connectivity index (χ0n) is 12.2. The SMILES string of the molecule is CCCNCc1nc2c(s1)CC(C(C)(C)C)CC2. The van der Waals surface area contributed by atoms with Gasteiger partial charge in [0.05, 0.1) is 5.69 Å². The summed E-state index contributed by atoms with van der Waals surface area (Å²) in [4.78, 5) is 6.35. The normalized spacial score (nSPS) is 19.9. The third-order valence-corrected chi connectivity index (χ3v) is 5.03. The second-order valence-corrected chi connectivity index (χ2v) is 7.63. The van der Waals surface area contributed by atoms with Gasteiger partial charge in [0, 0.05) is 11.4 Å². The summed E-state index contributed by atoms with van der Waals surface area (Å²) >= 11 is 1.93. The van der Waals surface area contributed by atoms with Crippen molar-refractivity contribution in [1.29, 1.82) is 0 Å². The first-order valence-electron chi connectivity index (χ1n) is 7.19. The van der Waals surface area contributed by atoms with E-state index in [0.717, 1.165) is 19.0 Å². The predicted molar refractivity (Wildman–Crippen MR) is 79.1 cm³/mol. The van der Waals surface area contributed by atoms with Gasteiger partial charge in [0.2, 0.25) is 0 Å². The lowest BCUT2D eigenvalue weighted by atomic mass is 9.73. The number of thiazole rings is 1. The quantitative estimate of drug-likeness (QED) is 0.839. The first-order valence-corrected chi connectivity index (χ1v) is 8.00. The molecule has 1 aliphatic carbocycles. The molecule has 1 heterocycles. The predicted octanol–water partition coefficient (Wildman–Crippen LogP) is 3.79. The van der Waals surface area contributed by atoms with Gasteiger partial charge in [-0.3, -0.25) is 0 Å². The molecule has 3 heteroatoms. The van der Waals surface area contributed by atoms with Gasteiger partial charge in [-0.05, 0) is 43.6 Å². The van der Waals surface area contributed by atoms with Crippen molar-refractivity contribution in [3.63, 3.8) is 0 Å². The molecule has 1 N–H and O–H groups in total. The number of hydrogen-bond donors (Lipinski definition) is 1. The summed E-state index contributed by atoms with van der Waals surface area (Å²) in [5, 5.41) is 4.73. The Morgan fingerprint density at radius 3 is 2.83 bits per heavy atom. The van der Waals surface area contributed by atoms with Gasteiger partial charge in [-0.2, -0.15) is 0 Å². The average Bonchev–Trinajstić information content (AvgIpc) is 2.69. The molecule has 18 heavy (non-hydrogen) atoms. The Morgan fingerprint density at radius 2 is 2.17 bits per heavy atom. The van der Waals surface area contributed by atoms with E-state index in [1.807, 2.05) is 11.3 Å². The second kappa shape index (κ2) is 5.70. The minimum Gasteiger partial charge on any atom is -0.310 e. The maximum absolute atomic E-state index is 4.80. The number of aromatic nitrogens is 1. The summed E-state index contributed by atoms with van der Waals surface area (Å²) in [5.74, 6) is 0.821. The molecule has 2 nitrogen and oxygen atoms in total. The van der Waals surface area contributed by atoms with Gasteiger partial charge in [-0.1, -0.05) is 27.7 Å². The van der Waals surface area contributed by atoms with Crippen molar-refractivity contribution in [2.45, 2.75) is 59.9 Å². The number of fused-ring (bicyclic) bond motifs is 1. The molecule has 0 aliphatic heterocycles. The van der Waals surface area contributed by atoms with Crippen LogP contribution < -0.4 is 5.32 Å². The van der Waals surface area contributed by atoms with Crippen LogP contribution in [-0.4, -0.2) is 11.5 Å². The van der Waals surface area contributed by atoms with Crippen LogP contribution in [0.2, 0.25) is 0 Å². The van der Waals surface area contributed by atoms with E-state index in [-0.39, 0.29) is 0 Å². The van der Waals surface area contributed by atoms with Gasteiger partial charge in [-0.25, -0.2) is 4.98 Å². The summed E-state index contributed by atoms with van der Waals surface area (Å²) in [5.41, 5.74) is 1.82. The van der Waals surface area contributed by atoms with E-state index in [2.05, 4.69) is 33.0 Å². The molecule has 0 amide bonds. The Morgan fingerprint density at radius 1 is 1.39 bits per heavy atom. The fourth-order valence-corrected chi connectivity index (χ4v) is 3.78. The Hall–Kier alpha value is -0.410. The van der Waals surface area contributed by atoms with Crippen LogP contribution in [0.1, 0.15) is 56.1 Å². The fourth-order valence-electron chi connectivity index (χ4n) is 2.62. The first-order chi connectivity index (χ1) is 8.50. The van der Waals surface area contributed by atoms with Crippen molar-refractivity contribution in [1.82, 2.24) is 10.3 Å². The monoisotopic (exact) mass is 266 g/mol. The highest BCUT2D eigenvalue weighted by molar-refractivity contribution is 7.11. The molecule has 0 radical (unpaired) electrons. The van der Waals surface area contributed by atoms with Crippen LogP contribution in [0.4, 0.5) is 0 Å². The molecule has 2 rings (SSSR count). The topological polar surface area (TPSA) is 24.9 Å². The van der Waals surface area contributed by atoms with Crippen molar-refractivity contribution < 1.29 is 0 Å². The van der Waals surface area contributed by atoms with Crippen LogP contribution >= 0.6 is 11.3 Å². The number of nitrogens with one attached hydrogen (secondary N) is 1. The van der Waals surface area contributed by atoms with Gasteiger partial charge in [-0.15, -0.1) is 11.3 Å². The molecule has 0 aromatic carbocycles. The smallest absolute Gasteiger partial charge is 0.107 e. The van der Waals surface area contributed by atoms with Crippen LogP contribution in [0.15, 0.2) is 0 Å². The lowest BCUT2D eigenvalue weighted by Gasteiger charge is -2.33. The maximum atomic E-state index is 4.80. The zero-order valence-corrected chi connectivity index (χ0v) is 13.0. The van der Waals surface area contributed by atoms with E-state index >= 15 is 0 Å². The van der Waals surface area contributed by atoms with E-state index in [0.29, 0.717) is 5.41 Å². The summed E-state index contributed by atoms with van der Waals surface area (Å²) in [6.45, 7) is 11.3. The number of rotatable bonds is 4. The molecule has 1 atom stereocenters. The maximum Gasteiger partial charge on any atom is 0.107 e. The molecule has 102 valence electrons. The third-order valence-electron chi connectivity index (χ3n) is 3.91. The second-order valence-electron chi connectivity index (χ2n) is 6.46. The van der Waals surface area contributed by atoms with Crippen LogP contribution in [-0.2, 0) is 19.4 Å². The summed E-state index contributed by atoms with van der Waals surface area (Å²) in [6, 6.07) is 0. The van der Waals surface area contributed by atoms with Crippen molar-refractivity contribution in [2.24, 2.45) is 11.3 Å². The highest BCUT2D eigenvalue weighted by Crippen LogP contribution is 2.38. The van der Waals surface area contributed by atoms with Gasteiger partial charge in [0.25, 0.3) is 0 Å². The minimum atomic E-state index is 0.433. The van der Waals surface area contributed by atoms with E-state index in [4.69, 9.17) is 4.98 Å². The highest BCUT2D eigenvalue weighted by Gasteiger charge is 2.30. The van der Waals surface area contributed by atoms with Gasteiger partial charge < -0.3 is 5.32 Å². The van der Waals surface area contributed by atoms with Crippen molar-refractivity contribution in [2.75, 3.05) is 6.54 Å². The molecule has 0 saturated heterocycles. The minimum absolute atomic E-state index is 0.433. The first kappa shape index (κ1) is 14.0. The van der Waals surface area contributed by atoms with Gasteiger partial charge in [0.15, 0.2) is 0 Å². The molecule has 0 bridgehead atoms. The number of aryl methyl sites for hydroxylation is 1. The highest BCUT2D eigenvalue weighted by atomic mass is 32.1. The Labute approximate surface area is 115 Å². The molecule has 1 aromatic rings. The Balaban J connectivity index is 2.00. The van der Waals surface area contributed by atoms with Crippen molar-refractivity contribution >= 4 is 11.3 Å². The van der Waals surface area contributed by atoms with Crippen LogP contribution in [0, 0.1) is 11.3 Å². The fraction of sp³-hybridized carbons (Fsp3) is 0.800. The number of hydrogen-bond acceptors (Lipinski definition) is 3.